The van der Waals surface area contributed by atoms with Gasteiger partial charge in [-0.05, 0) is 53.5 Å². The molecule has 7 nitrogen and oxygen atoms in total. The number of halogens is 2. The average molecular weight is 516 g/mol. The molecule has 1 aliphatic rings. The summed E-state index contributed by atoms with van der Waals surface area (Å²) in [5.74, 6) is 1.01. The van der Waals surface area contributed by atoms with Gasteiger partial charge >= 0.3 is 0 Å². The van der Waals surface area contributed by atoms with Crippen molar-refractivity contribution in [3.63, 3.8) is 0 Å². The number of nitrogens with zero attached hydrogens (tertiary/aromatic N) is 2. The average Bonchev–Trinajstić information content (AvgIpc) is 3.13. The molecule has 1 atom stereocenters. The Balaban J connectivity index is 1.77. The quantitative estimate of drug-likeness (QED) is 0.460. The lowest BCUT2D eigenvalue weighted by Gasteiger charge is -2.25. The fraction of sp³-hybridized carbons (Fsp3) is 0.217. The third-order valence-corrected chi connectivity index (χ3v) is 6.08. The van der Waals surface area contributed by atoms with Gasteiger partial charge in [0.15, 0.2) is 11.5 Å². The number of nitrogens with two attached hydrogens (primary N) is 1. The molecule has 0 saturated carbocycles. The van der Waals surface area contributed by atoms with Crippen LogP contribution in [0.5, 0.6) is 17.4 Å². The largest absolute Gasteiger partial charge is 0.490 e. The van der Waals surface area contributed by atoms with Gasteiger partial charge in [0.05, 0.1) is 17.0 Å². The first kappa shape index (κ1) is 22.1. The number of aryl methyl sites for hydroxylation is 1. The Labute approximate surface area is 198 Å². The summed E-state index contributed by atoms with van der Waals surface area (Å²) in [4.78, 5) is 0. The number of fused-ring (bicyclic) bond motifs is 1. The van der Waals surface area contributed by atoms with E-state index in [1.807, 2.05) is 50.2 Å². The van der Waals surface area contributed by atoms with Crippen molar-refractivity contribution in [2.45, 2.75) is 26.4 Å². The summed E-state index contributed by atoms with van der Waals surface area (Å²) in [6, 6.07) is 13.4. The van der Waals surface area contributed by atoms with Crippen LogP contribution < -0.4 is 19.9 Å². The van der Waals surface area contributed by atoms with Crippen LogP contribution in [-0.4, -0.2) is 16.8 Å². The summed E-state index contributed by atoms with van der Waals surface area (Å²) in [5.41, 5.74) is 9.54. The van der Waals surface area contributed by atoms with Gasteiger partial charge in [-0.15, -0.1) is 5.10 Å². The van der Waals surface area contributed by atoms with E-state index in [2.05, 4.69) is 32.2 Å². The van der Waals surface area contributed by atoms with Crippen LogP contribution in [0.1, 0.15) is 35.2 Å². The molecule has 3 aromatic rings. The number of aromatic nitrogens is 2. The summed E-state index contributed by atoms with van der Waals surface area (Å²) in [7, 11) is 0. The number of hydrogen-bond donors (Lipinski definition) is 2. The maximum atomic E-state index is 9.80. The van der Waals surface area contributed by atoms with E-state index in [0.717, 1.165) is 22.4 Å². The van der Waals surface area contributed by atoms with Gasteiger partial charge in [0.25, 0.3) is 0 Å². The number of allylic oxidation sites excluding steroid dienone is 1. The molecule has 2 aromatic carbocycles. The summed E-state index contributed by atoms with van der Waals surface area (Å²) >= 11 is 9.87. The highest BCUT2D eigenvalue weighted by molar-refractivity contribution is 9.10. The van der Waals surface area contributed by atoms with Crippen LogP contribution >= 0.6 is 27.5 Å². The summed E-state index contributed by atoms with van der Waals surface area (Å²) in [5, 5.41) is 17.5. The lowest BCUT2D eigenvalue weighted by atomic mass is 9.84. The maximum absolute atomic E-state index is 9.80. The highest BCUT2D eigenvalue weighted by atomic mass is 79.9. The molecule has 32 heavy (non-hydrogen) atoms. The molecule has 9 heteroatoms. The van der Waals surface area contributed by atoms with Crippen molar-refractivity contribution in [1.82, 2.24) is 10.2 Å². The van der Waals surface area contributed by atoms with Gasteiger partial charge in [-0.1, -0.05) is 29.8 Å². The molecule has 0 saturated heterocycles. The Morgan fingerprint density at radius 2 is 2.09 bits per heavy atom. The summed E-state index contributed by atoms with van der Waals surface area (Å²) in [6.07, 6.45) is 0. The summed E-state index contributed by atoms with van der Waals surface area (Å²) < 4.78 is 18.2. The van der Waals surface area contributed by atoms with E-state index in [1.54, 1.807) is 0 Å². The fourth-order valence-electron chi connectivity index (χ4n) is 3.65. The molecule has 0 fully saturated rings. The van der Waals surface area contributed by atoms with Gasteiger partial charge in [0, 0.05) is 21.8 Å². The van der Waals surface area contributed by atoms with E-state index in [4.69, 9.17) is 31.5 Å². The molecule has 0 radical (unpaired) electrons. The fourth-order valence-corrected chi connectivity index (χ4v) is 4.42. The molecule has 0 bridgehead atoms. The second-order valence-corrected chi connectivity index (χ2v) is 8.40. The Morgan fingerprint density at radius 1 is 1.31 bits per heavy atom. The number of hydrogen-bond acceptors (Lipinski definition) is 6. The Morgan fingerprint density at radius 3 is 2.81 bits per heavy atom. The minimum atomic E-state index is -0.462. The molecule has 164 valence electrons. The zero-order chi connectivity index (χ0) is 22.8. The minimum absolute atomic E-state index is 0.0321. The first-order chi connectivity index (χ1) is 15.4. The van der Waals surface area contributed by atoms with Crippen molar-refractivity contribution in [2.75, 3.05) is 6.61 Å². The normalized spacial score (nSPS) is 15.0. The van der Waals surface area contributed by atoms with Gasteiger partial charge in [-0.3, -0.25) is 5.10 Å². The molecule has 3 N–H and O–H groups in total. The van der Waals surface area contributed by atoms with E-state index in [9.17, 15) is 5.26 Å². The van der Waals surface area contributed by atoms with Gasteiger partial charge in [0.1, 0.15) is 18.2 Å². The second kappa shape index (κ2) is 9.15. The van der Waals surface area contributed by atoms with Crippen molar-refractivity contribution < 1.29 is 14.2 Å². The number of H-pyrrole nitrogens is 1. The zero-order valence-electron chi connectivity index (χ0n) is 17.4. The van der Waals surface area contributed by atoms with Gasteiger partial charge in [-0.2, -0.15) is 5.26 Å². The predicted molar refractivity (Wildman–Crippen MR) is 124 cm³/mol. The highest BCUT2D eigenvalue weighted by Crippen LogP contribution is 2.46. The van der Waals surface area contributed by atoms with Crippen LogP contribution in [0.3, 0.4) is 0 Å². The molecule has 0 amide bonds. The lowest BCUT2D eigenvalue weighted by Crippen LogP contribution is -2.21. The smallest absolute Gasteiger partial charge is 0.244 e. The highest BCUT2D eigenvalue weighted by Gasteiger charge is 2.35. The topological polar surface area (TPSA) is 106 Å². The molecule has 1 aliphatic heterocycles. The molecule has 2 heterocycles. The molecular formula is C23H20BrClN4O3. The number of benzene rings is 2. The van der Waals surface area contributed by atoms with Crippen molar-refractivity contribution in [3.05, 3.63) is 79.7 Å². The maximum Gasteiger partial charge on any atom is 0.244 e. The standard InChI is InChI=1S/C23H20BrClN4O3/c1-3-30-18-9-14(8-16(24)21(18)31-11-13-6-4-5-7-17(13)25)20-15(10-26)22(27)32-23-19(20)12(2)28-29-23/h4-9,20H,3,11,27H2,1-2H3,(H,28,29)/t20-/m0/s1. The number of nitrogens with one attached hydrogen (secondary N) is 1. The van der Waals surface area contributed by atoms with Crippen LogP contribution in [0.4, 0.5) is 0 Å². The van der Waals surface area contributed by atoms with Crippen molar-refractivity contribution in [3.8, 4) is 23.4 Å². The van der Waals surface area contributed by atoms with E-state index in [-0.39, 0.29) is 12.5 Å². The van der Waals surface area contributed by atoms with Crippen molar-refractivity contribution >= 4 is 27.5 Å². The third kappa shape index (κ3) is 4.01. The molecule has 4 rings (SSSR count). The zero-order valence-corrected chi connectivity index (χ0v) is 19.8. The number of nitriles is 1. The van der Waals surface area contributed by atoms with Gasteiger partial charge < -0.3 is 19.9 Å². The van der Waals surface area contributed by atoms with Gasteiger partial charge in [-0.25, -0.2) is 0 Å². The first-order valence-corrected chi connectivity index (χ1v) is 11.1. The molecule has 1 aromatic heterocycles. The number of rotatable bonds is 6. The van der Waals surface area contributed by atoms with Crippen LogP contribution in [0, 0.1) is 18.3 Å². The van der Waals surface area contributed by atoms with Crippen LogP contribution in [0.25, 0.3) is 0 Å². The van der Waals surface area contributed by atoms with Gasteiger partial charge in [0.2, 0.25) is 11.8 Å². The predicted octanol–water partition coefficient (Wildman–Crippen LogP) is 5.33. The molecule has 0 unspecified atom stereocenters. The molecular weight excluding hydrogens is 496 g/mol. The SMILES string of the molecule is CCOc1cc([C@H]2C(C#N)=C(N)Oc3n[nH]c(C)c32)cc(Br)c1OCc1ccccc1Cl. The third-order valence-electron chi connectivity index (χ3n) is 5.12. The number of aromatic amines is 1. The Kier molecular flexibility index (Phi) is 6.31. The Bertz CT molecular complexity index is 1250. The molecule has 0 spiro atoms. The van der Waals surface area contributed by atoms with E-state index < -0.39 is 5.92 Å². The monoisotopic (exact) mass is 514 g/mol. The van der Waals surface area contributed by atoms with Crippen molar-refractivity contribution in [1.29, 1.82) is 5.26 Å². The lowest BCUT2D eigenvalue weighted by molar-refractivity contribution is 0.267. The minimum Gasteiger partial charge on any atom is -0.490 e. The van der Waals surface area contributed by atoms with Crippen LogP contribution in [0.2, 0.25) is 5.02 Å². The second-order valence-electron chi connectivity index (χ2n) is 7.14. The van der Waals surface area contributed by atoms with Crippen LogP contribution in [-0.2, 0) is 6.61 Å². The van der Waals surface area contributed by atoms with Crippen LogP contribution in [0.15, 0.2) is 52.3 Å². The van der Waals surface area contributed by atoms with Crippen molar-refractivity contribution in [2.24, 2.45) is 5.73 Å². The molecule has 0 aliphatic carbocycles. The number of ether oxygens (including phenoxy) is 3. The van der Waals surface area contributed by atoms with E-state index in [1.165, 1.54) is 0 Å². The summed E-state index contributed by atoms with van der Waals surface area (Å²) in [6.45, 7) is 4.48. The van der Waals surface area contributed by atoms with E-state index >= 15 is 0 Å². The van der Waals surface area contributed by atoms with E-state index in [0.29, 0.717) is 39.1 Å². The first-order valence-electron chi connectivity index (χ1n) is 9.89. The Hall–Kier alpha value is -3.15.